The van der Waals surface area contributed by atoms with Crippen LogP contribution in [0.1, 0.15) is 25.7 Å². The molecule has 2 saturated carbocycles. The van der Waals surface area contributed by atoms with E-state index in [-0.39, 0.29) is 24.1 Å². The summed E-state index contributed by atoms with van der Waals surface area (Å²) in [5.41, 5.74) is -1.65. The summed E-state index contributed by atoms with van der Waals surface area (Å²) in [6.45, 7) is 0. The molecule has 0 aromatic heterocycles. The predicted octanol–water partition coefficient (Wildman–Crippen LogP) is 0.214. The molecule has 86 valence electrons. The van der Waals surface area contributed by atoms with Gasteiger partial charge in [0.1, 0.15) is 11.0 Å². The van der Waals surface area contributed by atoms with Crippen LogP contribution in [0.2, 0.25) is 0 Å². The van der Waals surface area contributed by atoms with Gasteiger partial charge in [-0.05, 0) is 12.8 Å². The van der Waals surface area contributed by atoms with Crippen LogP contribution in [0.5, 0.6) is 0 Å². The zero-order valence-corrected chi connectivity index (χ0v) is 8.95. The van der Waals surface area contributed by atoms with E-state index < -0.39 is 17.0 Å². The Morgan fingerprint density at radius 1 is 1.50 bits per heavy atom. The third kappa shape index (κ3) is 0.854. The van der Waals surface area contributed by atoms with Gasteiger partial charge in [-0.1, -0.05) is 0 Å². The summed E-state index contributed by atoms with van der Waals surface area (Å²) in [7, 11) is 1.27. The molecule has 2 aliphatic carbocycles. The fraction of sp³-hybridized carbons (Fsp3) is 0.727. The number of methoxy groups -OCH3 is 1. The first-order valence-corrected chi connectivity index (χ1v) is 5.39. The Labute approximate surface area is 92.1 Å². The van der Waals surface area contributed by atoms with Gasteiger partial charge in [0.25, 0.3) is 0 Å². The van der Waals surface area contributed by atoms with Crippen molar-refractivity contribution in [1.82, 2.24) is 0 Å². The molecule has 0 aromatic rings. The van der Waals surface area contributed by atoms with E-state index >= 15 is 0 Å². The Morgan fingerprint density at radius 3 is 2.88 bits per heavy atom. The van der Waals surface area contributed by atoms with E-state index in [4.69, 9.17) is 9.47 Å². The van der Waals surface area contributed by atoms with Crippen molar-refractivity contribution < 1.29 is 23.9 Å². The van der Waals surface area contributed by atoms with Crippen molar-refractivity contribution in [2.45, 2.75) is 31.3 Å². The molecule has 16 heavy (non-hydrogen) atoms. The van der Waals surface area contributed by atoms with Crippen LogP contribution in [0.4, 0.5) is 0 Å². The maximum Gasteiger partial charge on any atom is 0.319 e. The average Bonchev–Trinajstić information content (AvgIpc) is 2.51. The van der Waals surface area contributed by atoms with Gasteiger partial charge in [0.05, 0.1) is 13.0 Å². The smallest absolute Gasteiger partial charge is 0.319 e. The summed E-state index contributed by atoms with van der Waals surface area (Å²) in [5.74, 6) is -1.17. The van der Waals surface area contributed by atoms with Crippen molar-refractivity contribution in [3.05, 3.63) is 0 Å². The third-order valence-corrected chi connectivity index (χ3v) is 4.26. The Kier molecular flexibility index (Phi) is 1.62. The fourth-order valence-electron chi connectivity index (χ4n) is 3.41. The lowest BCUT2D eigenvalue weighted by atomic mass is 9.72. The molecule has 0 radical (unpaired) electrons. The van der Waals surface area contributed by atoms with Crippen LogP contribution >= 0.6 is 0 Å². The normalized spacial score (nSPS) is 44.4. The van der Waals surface area contributed by atoms with Gasteiger partial charge >= 0.3 is 11.9 Å². The maximum atomic E-state index is 11.9. The summed E-state index contributed by atoms with van der Waals surface area (Å²) in [5, 5.41) is 0. The van der Waals surface area contributed by atoms with Crippen LogP contribution in [0.25, 0.3) is 0 Å². The van der Waals surface area contributed by atoms with Gasteiger partial charge in [0, 0.05) is 12.8 Å². The minimum atomic E-state index is -1.11. The summed E-state index contributed by atoms with van der Waals surface area (Å²) in [6.07, 6.45) is 1.46. The van der Waals surface area contributed by atoms with Gasteiger partial charge < -0.3 is 9.47 Å². The molecule has 1 spiro atoms. The first kappa shape index (κ1) is 9.81. The molecule has 0 amide bonds. The highest BCUT2D eigenvalue weighted by Crippen LogP contribution is 2.62. The van der Waals surface area contributed by atoms with Crippen LogP contribution in [-0.4, -0.2) is 30.4 Å². The molecule has 3 fully saturated rings. The molecule has 1 saturated heterocycles. The standard InChI is InChI=1S/C11H12O5/c1-15-9(14)10-4-6-8(13)16-11(6,5-10)3-2-7(10)12/h6H,2-5H2,1H3/t6-,10-,11-/m1/s1. The first-order chi connectivity index (χ1) is 7.54. The number of carbonyl (C=O) groups excluding carboxylic acids is 3. The van der Waals surface area contributed by atoms with Gasteiger partial charge in [-0.15, -0.1) is 0 Å². The van der Waals surface area contributed by atoms with Gasteiger partial charge in [0.2, 0.25) is 0 Å². The lowest BCUT2D eigenvalue weighted by molar-refractivity contribution is -0.210. The maximum absolute atomic E-state index is 11.9. The molecule has 5 heteroatoms. The van der Waals surface area contributed by atoms with Crippen molar-refractivity contribution in [2.24, 2.45) is 11.3 Å². The highest BCUT2D eigenvalue weighted by Gasteiger charge is 2.73. The topological polar surface area (TPSA) is 69.7 Å². The molecule has 0 unspecified atom stereocenters. The lowest BCUT2D eigenvalue weighted by Crippen LogP contribution is -2.55. The van der Waals surface area contributed by atoms with Crippen molar-refractivity contribution in [2.75, 3.05) is 7.11 Å². The first-order valence-electron chi connectivity index (χ1n) is 5.39. The van der Waals surface area contributed by atoms with E-state index in [2.05, 4.69) is 0 Å². The van der Waals surface area contributed by atoms with E-state index in [0.717, 1.165) is 0 Å². The number of hydrogen-bond acceptors (Lipinski definition) is 5. The van der Waals surface area contributed by atoms with Crippen LogP contribution in [-0.2, 0) is 23.9 Å². The minimum Gasteiger partial charge on any atom is -0.468 e. The molecule has 1 aliphatic heterocycles. The number of Topliss-reactive ketones (excluding diaryl/α,β-unsaturated/α-hetero) is 1. The minimum absolute atomic E-state index is 0.101. The number of rotatable bonds is 1. The monoisotopic (exact) mass is 224 g/mol. The SMILES string of the molecule is COC(=O)[C@@]12C[C@@H]3C(=O)O[C@]3(CCC1=O)C2. The van der Waals surface area contributed by atoms with Crippen molar-refractivity contribution in [1.29, 1.82) is 0 Å². The van der Waals surface area contributed by atoms with Gasteiger partial charge in [-0.3, -0.25) is 14.4 Å². The van der Waals surface area contributed by atoms with Crippen LogP contribution < -0.4 is 0 Å². The molecule has 1 heterocycles. The summed E-state index contributed by atoms with van der Waals surface area (Å²) < 4.78 is 9.90. The molecule has 2 bridgehead atoms. The van der Waals surface area contributed by atoms with E-state index in [1.54, 1.807) is 0 Å². The van der Waals surface area contributed by atoms with Gasteiger partial charge in [-0.2, -0.15) is 0 Å². The van der Waals surface area contributed by atoms with Gasteiger partial charge in [0.15, 0.2) is 5.78 Å². The number of carbonyl (C=O) groups is 3. The molecule has 3 atom stereocenters. The highest BCUT2D eigenvalue weighted by atomic mass is 16.6. The zero-order chi connectivity index (χ0) is 11.6. The Bertz CT molecular complexity index is 405. The number of hydrogen-bond donors (Lipinski definition) is 0. The second-order valence-corrected chi connectivity index (χ2v) is 4.92. The molecule has 5 nitrogen and oxygen atoms in total. The van der Waals surface area contributed by atoms with Crippen LogP contribution in [0.15, 0.2) is 0 Å². The van der Waals surface area contributed by atoms with Crippen molar-refractivity contribution >= 4 is 17.7 Å². The van der Waals surface area contributed by atoms with Crippen molar-refractivity contribution in [3.8, 4) is 0 Å². The third-order valence-electron chi connectivity index (χ3n) is 4.26. The molecule has 0 N–H and O–H groups in total. The Hall–Kier alpha value is -1.39. The largest absolute Gasteiger partial charge is 0.468 e. The Balaban J connectivity index is 2.03. The molecule has 3 rings (SSSR count). The zero-order valence-electron chi connectivity index (χ0n) is 8.95. The second kappa shape index (κ2) is 2.64. The predicted molar refractivity (Wildman–Crippen MR) is 50.2 cm³/mol. The van der Waals surface area contributed by atoms with Crippen molar-refractivity contribution in [3.63, 3.8) is 0 Å². The van der Waals surface area contributed by atoms with Crippen LogP contribution in [0.3, 0.4) is 0 Å². The number of ether oxygens (including phenoxy) is 2. The molecule has 0 aromatic carbocycles. The van der Waals surface area contributed by atoms with E-state index in [0.29, 0.717) is 19.3 Å². The van der Waals surface area contributed by atoms with Gasteiger partial charge in [-0.25, -0.2) is 0 Å². The molecular formula is C11H12O5. The molecule has 3 aliphatic rings. The summed E-state index contributed by atoms with van der Waals surface area (Å²) >= 11 is 0. The highest BCUT2D eigenvalue weighted by molar-refractivity contribution is 6.07. The van der Waals surface area contributed by atoms with E-state index in [9.17, 15) is 14.4 Å². The quantitative estimate of drug-likeness (QED) is 0.470. The Morgan fingerprint density at radius 2 is 2.25 bits per heavy atom. The number of esters is 2. The number of fused-ring (bicyclic) bond motifs is 1. The lowest BCUT2D eigenvalue weighted by Gasteiger charge is -2.44. The second-order valence-electron chi connectivity index (χ2n) is 4.92. The molecular weight excluding hydrogens is 212 g/mol. The van der Waals surface area contributed by atoms with Crippen LogP contribution in [0, 0.1) is 11.3 Å². The van der Waals surface area contributed by atoms with E-state index in [1.807, 2.05) is 0 Å². The number of ketones is 1. The summed E-state index contributed by atoms with van der Waals surface area (Å²) in [6, 6.07) is 0. The summed E-state index contributed by atoms with van der Waals surface area (Å²) in [4.78, 5) is 35.0. The fourth-order valence-corrected chi connectivity index (χ4v) is 3.41. The average molecular weight is 224 g/mol. The van der Waals surface area contributed by atoms with E-state index in [1.165, 1.54) is 7.11 Å².